The number of amides is 2. The Kier molecular flexibility index (Phi) is 7.95. The summed E-state index contributed by atoms with van der Waals surface area (Å²) in [6.45, 7) is 6.93. The molecule has 0 aliphatic heterocycles. The van der Waals surface area contributed by atoms with Crippen LogP contribution < -0.4 is 10.0 Å². The highest BCUT2D eigenvalue weighted by molar-refractivity contribution is 7.98. The summed E-state index contributed by atoms with van der Waals surface area (Å²) in [7, 11) is -4.02. The minimum absolute atomic E-state index is 0.0164. The molecule has 0 fully saturated rings. The van der Waals surface area contributed by atoms with Crippen molar-refractivity contribution in [1.82, 2.24) is 10.0 Å². The molecule has 1 rings (SSSR count). The van der Waals surface area contributed by atoms with E-state index in [9.17, 15) is 18.0 Å². The van der Waals surface area contributed by atoms with Crippen LogP contribution >= 0.6 is 11.8 Å². The minimum atomic E-state index is -4.02. The molecule has 1 aromatic rings. The zero-order valence-corrected chi connectivity index (χ0v) is 17.3. The number of rotatable bonds is 7. The number of carbonyl (C=O) groups excluding carboxylic acids is 2. The monoisotopic (exact) mass is 402 g/mol. The molecule has 2 amide bonds. The number of hydrogen-bond acceptors (Lipinski definition) is 6. The van der Waals surface area contributed by atoms with Crippen molar-refractivity contribution < 1.29 is 22.7 Å². The van der Waals surface area contributed by atoms with Crippen molar-refractivity contribution in [3.63, 3.8) is 0 Å². The molecule has 26 heavy (non-hydrogen) atoms. The largest absolute Gasteiger partial charge is 0.444 e. The zero-order chi connectivity index (χ0) is 20.0. The second-order valence-electron chi connectivity index (χ2n) is 6.76. The molecule has 0 aliphatic rings. The quantitative estimate of drug-likeness (QED) is 0.726. The lowest BCUT2D eigenvalue weighted by Gasteiger charge is -2.23. The number of hydrogen-bond donors (Lipinski definition) is 2. The lowest BCUT2D eigenvalue weighted by atomic mass is 10.2. The van der Waals surface area contributed by atoms with Gasteiger partial charge in [-0.3, -0.25) is 4.79 Å². The van der Waals surface area contributed by atoms with Crippen molar-refractivity contribution in [2.45, 2.75) is 50.7 Å². The molecule has 0 heterocycles. The molecule has 7 nitrogen and oxygen atoms in total. The predicted molar refractivity (Wildman–Crippen MR) is 103 cm³/mol. The van der Waals surface area contributed by atoms with Gasteiger partial charge in [-0.25, -0.2) is 17.9 Å². The summed E-state index contributed by atoms with van der Waals surface area (Å²) in [5.41, 5.74) is 0.179. The molecule has 2 N–H and O–H groups in total. The fourth-order valence-corrected chi connectivity index (χ4v) is 3.42. The van der Waals surface area contributed by atoms with Crippen LogP contribution in [0, 0.1) is 6.92 Å². The minimum Gasteiger partial charge on any atom is -0.444 e. The Morgan fingerprint density at radius 1 is 1.19 bits per heavy atom. The number of alkyl carbamates (subject to hydrolysis) is 1. The summed E-state index contributed by atoms with van der Waals surface area (Å²) in [4.78, 5) is 24.4. The molecular weight excluding hydrogens is 376 g/mol. The average Bonchev–Trinajstić information content (AvgIpc) is 2.49. The van der Waals surface area contributed by atoms with Crippen LogP contribution in [0.15, 0.2) is 29.2 Å². The summed E-state index contributed by atoms with van der Waals surface area (Å²) in [6, 6.07) is 5.11. The Bertz CT molecular complexity index is 725. The van der Waals surface area contributed by atoms with Gasteiger partial charge in [-0.15, -0.1) is 0 Å². The fourth-order valence-electron chi connectivity index (χ4n) is 1.93. The SMILES string of the molecule is CSCCC(NC(=O)OC(C)(C)C)C(=O)NS(=O)(=O)c1ccc(C)cc1. The van der Waals surface area contributed by atoms with Gasteiger partial charge in [0.1, 0.15) is 11.6 Å². The maximum Gasteiger partial charge on any atom is 0.408 e. The summed E-state index contributed by atoms with van der Waals surface area (Å²) in [6.07, 6.45) is 1.35. The van der Waals surface area contributed by atoms with E-state index in [0.717, 1.165) is 5.56 Å². The molecule has 146 valence electrons. The van der Waals surface area contributed by atoms with Gasteiger partial charge in [0.2, 0.25) is 0 Å². The predicted octanol–water partition coefficient (Wildman–Crippen LogP) is 2.45. The normalized spacial score (nSPS) is 13.0. The van der Waals surface area contributed by atoms with Gasteiger partial charge in [0, 0.05) is 0 Å². The number of thioether (sulfide) groups is 1. The van der Waals surface area contributed by atoms with Crippen LogP contribution in [0.25, 0.3) is 0 Å². The highest BCUT2D eigenvalue weighted by Crippen LogP contribution is 2.12. The van der Waals surface area contributed by atoms with Crippen LogP contribution in [-0.4, -0.2) is 44.1 Å². The Morgan fingerprint density at radius 2 is 1.77 bits per heavy atom. The number of benzene rings is 1. The number of aryl methyl sites for hydroxylation is 1. The van der Waals surface area contributed by atoms with Crippen LogP contribution in [0.1, 0.15) is 32.8 Å². The van der Waals surface area contributed by atoms with Crippen LogP contribution in [-0.2, 0) is 19.6 Å². The van der Waals surface area contributed by atoms with E-state index in [1.807, 2.05) is 17.9 Å². The van der Waals surface area contributed by atoms with Crippen molar-refractivity contribution in [1.29, 1.82) is 0 Å². The first-order valence-electron chi connectivity index (χ1n) is 8.06. The van der Waals surface area contributed by atoms with Gasteiger partial charge in [0.15, 0.2) is 0 Å². The number of sulfonamides is 1. The Hall–Kier alpha value is -1.74. The lowest BCUT2D eigenvalue weighted by molar-refractivity contribution is -0.121. The van der Waals surface area contributed by atoms with E-state index < -0.39 is 33.7 Å². The molecule has 1 atom stereocenters. The van der Waals surface area contributed by atoms with Gasteiger partial charge in [-0.1, -0.05) is 17.7 Å². The van der Waals surface area contributed by atoms with E-state index in [1.165, 1.54) is 23.9 Å². The number of ether oxygens (including phenoxy) is 1. The molecule has 0 aliphatic carbocycles. The first-order chi connectivity index (χ1) is 11.9. The topological polar surface area (TPSA) is 102 Å². The number of nitrogens with one attached hydrogen (secondary N) is 2. The summed E-state index contributed by atoms with van der Waals surface area (Å²) >= 11 is 1.48. The molecule has 0 saturated carbocycles. The van der Waals surface area contributed by atoms with Gasteiger partial charge >= 0.3 is 6.09 Å². The highest BCUT2D eigenvalue weighted by Gasteiger charge is 2.27. The lowest BCUT2D eigenvalue weighted by Crippen LogP contribution is -2.49. The van der Waals surface area contributed by atoms with Gasteiger partial charge in [-0.2, -0.15) is 11.8 Å². The van der Waals surface area contributed by atoms with Gasteiger partial charge in [0.05, 0.1) is 4.90 Å². The van der Waals surface area contributed by atoms with E-state index in [-0.39, 0.29) is 11.3 Å². The van der Waals surface area contributed by atoms with Crippen LogP contribution in [0.4, 0.5) is 4.79 Å². The van der Waals surface area contributed by atoms with E-state index in [2.05, 4.69) is 5.32 Å². The fraction of sp³-hybridized carbons (Fsp3) is 0.529. The average molecular weight is 403 g/mol. The third kappa shape index (κ3) is 7.65. The van der Waals surface area contributed by atoms with Crippen molar-refractivity contribution in [2.24, 2.45) is 0 Å². The van der Waals surface area contributed by atoms with E-state index in [1.54, 1.807) is 32.9 Å². The standard InChI is InChI=1S/C17H26N2O5S2/c1-12-6-8-13(9-7-12)26(22,23)19-15(20)14(10-11-25-5)18-16(21)24-17(2,3)4/h6-9,14H,10-11H2,1-5H3,(H,18,21)(H,19,20). The molecule has 0 radical (unpaired) electrons. The van der Waals surface area contributed by atoms with Crippen molar-refractivity contribution in [2.75, 3.05) is 12.0 Å². The molecule has 0 bridgehead atoms. The van der Waals surface area contributed by atoms with Gasteiger partial charge in [-0.05, 0) is 58.3 Å². The Labute approximate surface area is 159 Å². The first kappa shape index (κ1) is 22.3. The highest BCUT2D eigenvalue weighted by atomic mass is 32.2. The molecule has 9 heteroatoms. The summed E-state index contributed by atoms with van der Waals surface area (Å²) in [5.74, 6) is -0.233. The second kappa shape index (κ2) is 9.27. The molecule has 1 unspecified atom stereocenters. The third-order valence-electron chi connectivity index (χ3n) is 3.18. The molecule has 0 saturated heterocycles. The van der Waals surface area contributed by atoms with E-state index >= 15 is 0 Å². The van der Waals surface area contributed by atoms with Crippen LogP contribution in [0.5, 0.6) is 0 Å². The van der Waals surface area contributed by atoms with Crippen LogP contribution in [0.3, 0.4) is 0 Å². The third-order valence-corrected chi connectivity index (χ3v) is 5.19. The van der Waals surface area contributed by atoms with Crippen LogP contribution in [0.2, 0.25) is 0 Å². The Morgan fingerprint density at radius 3 is 2.27 bits per heavy atom. The van der Waals surface area contributed by atoms with Crippen molar-refractivity contribution in [3.8, 4) is 0 Å². The molecule has 1 aromatic carbocycles. The zero-order valence-electron chi connectivity index (χ0n) is 15.7. The summed E-state index contributed by atoms with van der Waals surface area (Å²) < 4.78 is 31.9. The maximum absolute atomic E-state index is 12.4. The second-order valence-corrected chi connectivity index (χ2v) is 9.43. The Balaban J connectivity index is 2.87. The van der Waals surface area contributed by atoms with E-state index in [4.69, 9.17) is 4.74 Å². The molecule has 0 aromatic heterocycles. The van der Waals surface area contributed by atoms with E-state index in [0.29, 0.717) is 5.75 Å². The number of carbonyl (C=O) groups is 2. The summed E-state index contributed by atoms with van der Waals surface area (Å²) in [5, 5.41) is 2.44. The molecular formula is C17H26N2O5S2. The van der Waals surface area contributed by atoms with Gasteiger partial charge in [0.25, 0.3) is 15.9 Å². The van der Waals surface area contributed by atoms with Gasteiger partial charge < -0.3 is 10.1 Å². The first-order valence-corrected chi connectivity index (χ1v) is 10.9. The van der Waals surface area contributed by atoms with Crippen molar-refractivity contribution >= 4 is 33.8 Å². The van der Waals surface area contributed by atoms with Crippen molar-refractivity contribution in [3.05, 3.63) is 29.8 Å². The maximum atomic E-state index is 12.4. The molecule has 0 spiro atoms. The smallest absolute Gasteiger partial charge is 0.408 e.